The first-order valence-electron chi connectivity index (χ1n) is 7.67. The van der Waals surface area contributed by atoms with E-state index in [2.05, 4.69) is 47.1 Å². The molecule has 0 bridgehead atoms. The SMILES string of the molecule is Cc1cnn(CC2CCCN2Cc2noc(C(C)C)n2)c1. The molecule has 0 amide bonds. The molecule has 6 heteroatoms. The molecular weight excluding hydrogens is 266 g/mol. The van der Waals surface area contributed by atoms with Crippen molar-refractivity contribution in [2.45, 2.75) is 58.7 Å². The van der Waals surface area contributed by atoms with Crippen LogP contribution >= 0.6 is 0 Å². The van der Waals surface area contributed by atoms with E-state index in [9.17, 15) is 0 Å². The summed E-state index contributed by atoms with van der Waals surface area (Å²) in [5.41, 5.74) is 1.21. The lowest BCUT2D eigenvalue weighted by Gasteiger charge is -2.22. The van der Waals surface area contributed by atoms with Crippen molar-refractivity contribution in [2.24, 2.45) is 0 Å². The number of aryl methyl sites for hydroxylation is 1. The number of hydrogen-bond acceptors (Lipinski definition) is 5. The normalized spacial score (nSPS) is 19.7. The molecule has 1 unspecified atom stereocenters. The van der Waals surface area contributed by atoms with Gasteiger partial charge in [0.1, 0.15) is 0 Å². The summed E-state index contributed by atoms with van der Waals surface area (Å²) in [5.74, 6) is 1.80. The Hall–Kier alpha value is -1.69. The zero-order valence-corrected chi connectivity index (χ0v) is 13.0. The van der Waals surface area contributed by atoms with Crippen molar-refractivity contribution in [2.75, 3.05) is 6.54 Å². The van der Waals surface area contributed by atoms with Crippen LogP contribution in [-0.2, 0) is 13.1 Å². The molecular formula is C15H23N5O. The number of nitrogens with zero attached hydrogens (tertiary/aromatic N) is 5. The second kappa shape index (κ2) is 5.97. The lowest BCUT2D eigenvalue weighted by Crippen LogP contribution is -2.33. The van der Waals surface area contributed by atoms with Gasteiger partial charge in [0.05, 0.1) is 19.3 Å². The number of rotatable bonds is 5. The van der Waals surface area contributed by atoms with Gasteiger partial charge in [0.2, 0.25) is 5.89 Å². The van der Waals surface area contributed by atoms with E-state index in [0.29, 0.717) is 6.04 Å². The fourth-order valence-electron chi connectivity index (χ4n) is 2.84. The predicted molar refractivity (Wildman–Crippen MR) is 78.8 cm³/mol. The van der Waals surface area contributed by atoms with Crippen LogP contribution in [0, 0.1) is 6.92 Å². The van der Waals surface area contributed by atoms with Gasteiger partial charge in [0.25, 0.3) is 0 Å². The summed E-state index contributed by atoms with van der Waals surface area (Å²) >= 11 is 0. The van der Waals surface area contributed by atoms with E-state index in [1.165, 1.54) is 18.4 Å². The van der Waals surface area contributed by atoms with Gasteiger partial charge in [-0.05, 0) is 31.9 Å². The Morgan fingerprint density at radius 3 is 2.95 bits per heavy atom. The molecule has 3 rings (SSSR count). The Morgan fingerprint density at radius 1 is 1.43 bits per heavy atom. The van der Waals surface area contributed by atoms with Crippen molar-refractivity contribution < 1.29 is 4.52 Å². The van der Waals surface area contributed by atoms with E-state index < -0.39 is 0 Å². The minimum Gasteiger partial charge on any atom is -0.339 e. The molecule has 0 aromatic carbocycles. The maximum atomic E-state index is 5.29. The molecule has 0 aliphatic carbocycles. The Balaban J connectivity index is 1.63. The summed E-state index contributed by atoms with van der Waals surface area (Å²) in [4.78, 5) is 6.91. The summed E-state index contributed by atoms with van der Waals surface area (Å²) in [5, 5.41) is 8.48. The van der Waals surface area contributed by atoms with Crippen molar-refractivity contribution in [3.05, 3.63) is 29.7 Å². The lowest BCUT2D eigenvalue weighted by molar-refractivity contribution is 0.211. The molecule has 2 aromatic heterocycles. The highest BCUT2D eigenvalue weighted by Crippen LogP contribution is 2.21. The Bertz CT molecular complexity index is 588. The minimum atomic E-state index is 0.285. The van der Waals surface area contributed by atoms with Gasteiger partial charge in [0, 0.05) is 18.2 Å². The second-order valence-corrected chi connectivity index (χ2v) is 6.21. The first kappa shape index (κ1) is 14.3. The number of hydrogen-bond donors (Lipinski definition) is 0. The number of likely N-dealkylation sites (tertiary alicyclic amines) is 1. The summed E-state index contributed by atoms with van der Waals surface area (Å²) < 4.78 is 7.32. The second-order valence-electron chi connectivity index (χ2n) is 6.21. The van der Waals surface area contributed by atoms with Crippen LogP contribution < -0.4 is 0 Å². The van der Waals surface area contributed by atoms with Crippen LogP contribution in [0.2, 0.25) is 0 Å². The third-order valence-corrected chi connectivity index (χ3v) is 3.98. The quantitative estimate of drug-likeness (QED) is 0.845. The highest BCUT2D eigenvalue weighted by molar-refractivity contribution is 5.00. The average Bonchev–Trinajstić information content (AvgIpc) is 3.14. The maximum absolute atomic E-state index is 5.29. The predicted octanol–water partition coefficient (Wildman–Crippen LogP) is 2.36. The molecule has 6 nitrogen and oxygen atoms in total. The van der Waals surface area contributed by atoms with Gasteiger partial charge in [-0.2, -0.15) is 10.1 Å². The number of aromatic nitrogens is 4. The van der Waals surface area contributed by atoms with E-state index >= 15 is 0 Å². The molecule has 0 radical (unpaired) electrons. The summed E-state index contributed by atoms with van der Waals surface area (Å²) in [6, 6.07) is 0.505. The molecule has 21 heavy (non-hydrogen) atoms. The van der Waals surface area contributed by atoms with Gasteiger partial charge >= 0.3 is 0 Å². The van der Waals surface area contributed by atoms with Gasteiger partial charge in [-0.15, -0.1) is 0 Å². The summed E-state index contributed by atoms with van der Waals surface area (Å²) in [7, 11) is 0. The van der Waals surface area contributed by atoms with Crippen LogP contribution in [0.15, 0.2) is 16.9 Å². The van der Waals surface area contributed by atoms with Crippen molar-refractivity contribution in [1.29, 1.82) is 0 Å². The topological polar surface area (TPSA) is 60.0 Å². The van der Waals surface area contributed by atoms with Gasteiger partial charge in [-0.1, -0.05) is 19.0 Å². The van der Waals surface area contributed by atoms with Crippen LogP contribution in [0.1, 0.15) is 49.9 Å². The lowest BCUT2D eigenvalue weighted by atomic mass is 10.2. The molecule has 1 aliphatic heterocycles. The van der Waals surface area contributed by atoms with Crippen LogP contribution in [0.25, 0.3) is 0 Å². The molecule has 2 aromatic rings. The van der Waals surface area contributed by atoms with E-state index in [4.69, 9.17) is 4.52 Å². The van der Waals surface area contributed by atoms with Crippen LogP contribution in [-0.4, -0.2) is 37.4 Å². The van der Waals surface area contributed by atoms with Gasteiger partial charge in [0.15, 0.2) is 5.82 Å². The minimum absolute atomic E-state index is 0.285. The van der Waals surface area contributed by atoms with E-state index in [-0.39, 0.29) is 5.92 Å². The fourth-order valence-corrected chi connectivity index (χ4v) is 2.84. The van der Waals surface area contributed by atoms with Crippen molar-refractivity contribution in [1.82, 2.24) is 24.8 Å². The van der Waals surface area contributed by atoms with Crippen LogP contribution in [0.3, 0.4) is 0 Å². The largest absolute Gasteiger partial charge is 0.339 e. The molecule has 0 spiro atoms. The molecule has 114 valence electrons. The standard InChI is InChI=1S/C15H23N5O/c1-11(2)15-17-14(18-21-15)10-19-6-4-5-13(19)9-20-8-12(3)7-16-20/h7-8,11,13H,4-6,9-10H2,1-3H3. The Morgan fingerprint density at radius 2 is 2.29 bits per heavy atom. The molecule has 3 heterocycles. The highest BCUT2D eigenvalue weighted by atomic mass is 16.5. The third-order valence-electron chi connectivity index (χ3n) is 3.98. The van der Waals surface area contributed by atoms with Crippen molar-refractivity contribution >= 4 is 0 Å². The Kier molecular flexibility index (Phi) is 4.05. The van der Waals surface area contributed by atoms with E-state index in [1.807, 2.05) is 10.9 Å². The molecule has 1 atom stereocenters. The molecule has 1 aliphatic rings. The molecule has 1 fully saturated rings. The third kappa shape index (κ3) is 3.32. The highest BCUT2D eigenvalue weighted by Gasteiger charge is 2.26. The van der Waals surface area contributed by atoms with Gasteiger partial charge < -0.3 is 4.52 Å². The van der Waals surface area contributed by atoms with Crippen molar-refractivity contribution in [3.63, 3.8) is 0 Å². The first-order valence-corrected chi connectivity index (χ1v) is 7.67. The van der Waals surface area contributed by atoms with Gasteiger partial charge in [-0.3, -0.25) is 9.58 Å². The molecule has 0 N–H and O–H groups in total. The van der Waals surface area contributed by atoms with Crippen molar-refractivity contribution in [3.8, 4) is 0 Å². The smallest absolute Gasteiger partial charge is 0.229 e. The maximum Gasteiger partial charge on any atom is 0.229 e. The zero-order chi connectivity index (χ0) is 14.8. The van der Waals surface area contributed by atoms with E-state index in [1.54, 1.807) is 0 Å². The Labute approximate surface area is 125 Å². The zero-order valence-electron chi connectivity index (χ0n) is 13.0. The average molecular weight is 289 g/mol. The van der Waals surface area contributed by atoms with Crippen LogP contribution in [0.4, 0.5) is 0 Å². The monoisotopic (exact) mass is 289 g/mol. The molecule has 1 saturated heterocycles. The summed E-state index contributed by atoms with van der Waals surface area (Å²) in [6.45, 7) is 9.00. The first-order chi connectivity index (χ1) is 10.1. The van der Waals surface area contributed by atoms with E-state index in [0.717, 1.165) is 31.3 Å². The summed E-state index contributed by atoms with van der Waals surface area (Å²) in [6.07, 6.45) is 6.43. The molecule has 0 saturated carbocycles. The van der Waals surface area contributed by atoms with Crippen LogP contribution in [0.5, 0.6) is 0 Å². The fraction of sp³-hybridized carbons (Fsp3) is 0.667. The van der Waals surface area contributed by atoms with Gasteiger partial charge in [-0.25, -0.2) is 0 Å².